The van der Waals surface area contributed by atoms with E-state index in [4.69, 9.17) is 10.8 Å². The molecule has 0 atom stereocenters. The van der Waals surface area contributed by atoms with Crippen LogP contribution in [0.5, 0.6) is 0 Å². The molecule has 0 aliphatic rings. The Bertz CT molecular complexity index is 457. The Balaban J connectivity index is 3.04. The van der Waals surface area contributed by atoms with Gasteiger partial charge in [-0.25, -0.2) is 9.78 Å². The lowest BCUT2D eigenvalue weighted by Crippen LogP contribution is -2.04. The van der Waals surface area contributed by atoms with Crippen molar-refractivity contribution in [1.29, 1.82) is 0 Å². The van der Waals surface area contributed by atoms with E-state index in [-0.39, 0.29) is 17.8 Å². The standard InChI is InChI=1S/C10H8N2O3/c11-9-8(10(14)15)5-7(6-12-9)3-1-2-4-13/h4-6H,2H2,(H2,11,12)(H,14,15). The van der Waals surface area contributed by atoms with Crippen molar-refractivity contribution in [3.63, 3.8) is 0 Å². The van der Waals surface area contributed by atoms with Crippen LogP contribution in [0.3, 0.4) is 0 Å². The molecule has 0 amide bonds. The molecule has 1 rings (SSSR count). The number of carbonyl (C=O) groups excluding carboxylic acids is 1. The van der Waals surface area contributed by atoms with Crippen molar-refractivity contribution in [1.82, 2.24) is 4.98 Å². The Morgan fingerprint density at radius 2 is 2.40 bits per heavy atom. The molecular weight excluding hydrogens is 196 g/mol. The summed E-state index contributed by atoms with van der Waals surface area (Å²) in [5.74, 6) is 3.94. The maximum Gasteiger partial charge on any atom is 0.339 e. The Morgan fingerprint density at radius 3 is 3.00 bits per heavy atom. The van der Waals surface area contributed by atoms with Crippen LogP contribution in [-0.2, 0) is 4.79 Å². The van der Waals surface area contributed by atoms with Gasteiger partial charge in [-0.2, -0.15) is 0 Å². The fourth-order valence-corrected chi connectivity index (χ4v) is 0.910. The monoisotopic (exact) mass is 204 g/mol. The van der Waals surface area contributed by atoms with Crippen molar-refractivity contribution < 1.29 is 14.7 Å². The van der Waals surface area contributed by atoms with E-state index in [2.05, 4.69) is 16.8 Å². The molecule has 0 spiro atoms. The van der Waals surface area contributed by atoms with E-state index in [1.807, 2.05) is 0 Å². The van der Waals surface area contributed by atoms with Crippen LogP contribution in [0, 0.1) is 11.8 Å². The second kappa shape index (κ2) is 4.77. The molecule has 0 saturated carbocycles. The first-order valence-electron chi connectivity index (χ1n) is 4.06. The Labute approximate surface area is 85.9 Å². The van der Waals surface area contributed by atoms with Gasteiger partial charge in [0.1, 0.15) is 17.7 Å². The van der Waals surface area contributed by atoms with Crippen LogP contribution in [0.1, 0.15) is 22.3 Å². The SMILES string of the molecule is Nc1ncc(C#CCC=O)cc1C(=O)O. The molecule has 76 valence electrons. The lowest BCUT2D eigenvalue weighted by atomic mass is 10.2. The van der Waals surface area contributed by atoms with E-state index in [1.54, 1.807) is 0 Å². The topological polar surface area (TPSA) is 93.3 Å². The lowest BCUT2D eigenvalue weighted by Gasteiger charge is -1.98. The normalized spacial score (nSPS) is 8.80. The fraction of sp³-hybridized carbons (Fsp3) is 0.100. The van der Waals surface area contributed by atoms with Gasteiger partial charge >= 0.3 is 5.97 Å². The van der Waals surface area contributed by atoms with Crippen molar-refractivity contribution >= 4 is 18.1 Å². The highest BCUT2D eigenvalue weighted by atomic mass is 16.4. The van der Waals surface area contributed by atoms with E-state index < -0.39 is 5.97 Å². The number of nitrogens with zero attached hydrogens (tertiary/aromatic N) is 1. The van der Waals surface area contributed by atoms with Gasteiger partial charge in [-0.1, -0.05) is 11.8 Å². The van der Waals surface area contributed by atoms with Crippen molar-refractivity contribution in [2.24, 2.45) is 0 Å². The van der Waals surface area contributed by atoms with Crippen LogP contribution < -0.4 is 5.73 Å². The first kappa shape index (κ1) is 10.7. The number of carbonyl (C=O) groups is 2. The van der Waals surface area contributed by atoms with Crippen LogP contribution >= 0.6 is 0 Å². The summed E-state index contributed by atoms with van der Waals surface area (Å²) in [6.45, 7) is 0. The number of nitrogen functional groups attached to an aromatic ring is 1. The van der Waals surface area contributed by atoms with Gasteiger partial charge < -0.3 is 15.6 Å². The van der Waals surface area contributed by atoms with Gasteiger partial charge in [-0.3, -0.25) is 0 Å². The van der Waals surface area contributed by atoms with Gasteiger partial charge in [0.15, 0.2) is 0 Å². The van der Waals surface area contributed by atoms with E-state index in [0.717, 1.165) is 0 Å². The number of rotatable bonds is 2. The molecule has 0 radical (unpaired) electrons. The Kier molecular flexibility index (Phi) is 3.41. The van der Waals surface area contributed by atoms with E-state index in [9.17, 15) is 9.59 Å². The number of aldehydes is 1. The number of aromatic nitrogens is 1. The largest absolute Gasteiger partial charge is 0.478 e. The molecule has 5 nitrogen and oxygen atoms in total. The quantitative estimate of drug-likeness (QED) is 0.534. The van der Waals surface area contributed by atoms with Crippen LogP contribution in [0.4, 0.5) is 5.82 Å². The number of carboxylic acids is 1. The minimum Gasteiger partial charge on any atom is -0.478 e. The molecule has 3 N–H and O–H groups in total. The maximum absolute atomic E-state index is 10.7. The highest BCUT2D eigenvalue weighted by Gasteiger charge is 2.08. The van der Waals surface area contributed by atoms with Crippen LogP contribution in [0.15, 0.2) is 12.3 Å². The summed E-state index contributed by atoms with van der Waals surface area (Å²) < 4.78 is 0. The summed E-state index contributed by atoms with van der Waals surface area (Å²) in [7, 11) is 0. The van der Waals surface area contributed by atoms with Crippen LogP contribution in [-0.4, -0.2) is 22.3 Å². The minimum atomic E-state index is -1.15. The van der Waals surface area contributed by atoms with Crippen molar-refractivity contribution in [2.75, 3.05) is 5.73 Å². The molecule has 15 heavy (non-hydrogen) atoms. The predicted molar refractivity (Wildman–Crippen MR) is 53.2 cm³/mol. The molecule has 0 unspecified atom stereocenters. The van der Waals surface area contributed by atoms with Crippen LogP contribution in [0.2, 0.25) is 0 Å². The Hall–Kier alpha value is -2.35. The van der Waals surface area contributed by atoms with Crippen molar-refractivity contribution in [3.8, 4) is 11.8 Å². The second-order valence-corrected chi connectivity index (χ2v) is 2.63. The fourth-order valence-electron chi connectivity index (χ4n) is 0.910. The zero-order chi connectivity index (χ0) is 11.3. The number of pyridine rings is 1. The van der Waals surface area contributed by atoms with Gasteiger partial charge in [-0.05, 0) is 6.07 Å². The minimum absolute atomic E-state index is 0.0524. The molecule has 1 heterocycles. The lowest BCUT2D eigenvalue weighted by molar-refractivity contribution is -0.107. The third-order valence-electron chi connectivity index (χ3n) is 1.57. The summed E-state index contributed by atoms with van der Waals surface area (Å²) in [6, 6.07) is 1.32. The van der Waals surface area contributed by atoms with E-state index in [0.29, 0.717) is 11.8 Å². The van der Waals surface area contributed by atoms with Crippen LogP contribution in [0.25, 0.3) is 0 Å². The number of anilines is 1. The molecule has 0 fully saturated rings. The molecule has 0 aromatic carbocycles. The molecule has 1 aromatic rings. The zero-order valence-electron chi connectivity index (χ0n) is 7.73. The summed E-state index contributed by atoms with van der Waals surface area (Å²) >= 11 is 0. The number of hydrogen-bond acceptors (Lipinski definition) is 4. The first-order chi connectivity index (χ1) is 7.15. The van der Waals surface area contributed by atoms with Gasteiger partial charge in [0.25, 0.3) is 0 Å². The zero-order valence-corrected chi connectivity index (χ0v) is 7.73. The number of carboxylic acid groups (broad SMARTS) is 1. The highest BCUT2D eigenvalue weighted by molar-refractivity contribution is 5.92. The van der Waals surface area contributed by atoms with E-state index >= 15 is 0 Å². The molecule has 1 aromatic heterocycles. The average molecular weight is 204 g/mol. The van der Waals surface area contributed by atoms with Gasteiger partial charge in [0, 0.05) is 11.8 Å². The highest BCUT2D eigenvalue weighted by Crippen LogP contribution is 2.09. The smallest absolute Gasteiger partial charge is 0.339 e. The molecule has 5 heteroatoms. The number of hydrogen-bond donors (Lipinski definition) is 2. The summed E-state index contributed by atoms with van der Waals surface area (Å²) in [6.07, 6.45) is 2.13. The predicted octanol–water partition coefficient (Wildman–Crippen LogP) is 0.302. The maximum atomic E-state index is 10.7. The number of aromatic carboxylic acids is 1. The Morgan fingerprint density at radius 1 is 1.67 bits per heavy atom. The summed E-state index contributed by atoms with van der Waals surface area (Å²) in [4.78, 5) is 24.4. The second-order valence-electron chi connectivity index (χ2n) is 2.63. The van der Waals surface area contributed by atoms with E-state index in [1.165, 1.54) is 12.3 Å². The van der Waals surface area contributed by atoms with Crippen molar-refractivity contribution in [2.45, 2.75) is 6.42 Å². The van der Waals surface area contributed by atoms with Gasteiger partial charge in [0.05, 0.1) is 6.42 Å². The summed E-state index contributed by atoms with van der Waals surface area (Å²) in [5, 5.41) is 8.74. The number of nitrogens with two attached hydrogens (primary N) is 1. The summed E-state index contributed by atoms with van der Waals surface area (Å²) in [5.41, 5.74) is 5.68. The first-order valence-corrected chi connectivity index (χ1v) is 4.06. The average Bonchev–Trinajstić information content (AvgIpc) is 2.20. The molecule has 0 aliphatic carbocycles. The van der Waals surface area contributed by atoms with Gasteiger partial charge in [0.2, 0.25) is 0 Å². The third kappa shape index (κ3) is 2.81. The molecule has 0 saturated heterocycles. The molecule has 0 aliphatic heterocycles. The van der Waals surface area contributed by atoms with Gasteiger partial charge in [-0.15, -0.1) is 0 Å². The molecule has 0 bridgehead atoms. The molecular formula is C10H8N2O3. The van der Waals surface area contributed by atoms with Crippen molar-refractivity contribution in [3.05, 3.63) is 23.4 Å². The third-order valence-corrected chi connectivity index (χ3v) is 1.57.